The van der Waals surface area contributed by atoms with Gasteiger partial charge in [0.05, 0.1) is 24.1 Å². The summed E-state index contributed by atoms with van der Waals surface area (Å²) in [6.07, 6.45) is 1.05. The van der Waals surface area contributed by atoms with Crippen molar-refractivity contribution < 1.29 is 18.3 Å². The number of rotatable bonds is 10. The fourth-order valence-corrected chi connectivity index (χ4v) is 6.11. The number of aliphatic hydroxyl groups is 1. The first-order chi connectivity index (χ1) is 14.9. The second-order valence-electron chi connectivity index (χ2n) is 8.01. The molecule has 6 nitrogen and oxygen atoms in total. The molecule has 0 saturated carbocycles. The number of benzene rings is 2. The molecule has 1 heterocycles. The predicted molar refractivity (Wildman–Crippen MR) is 122 cm³/mol. The molecule has 31 heavy (non-hydrogen) atoms. The number of likely N-dealkylation sites (N-methyl/N-ethyl adjacent to an activating group) is 1. The minimum atomic E-state index is -3.07. The summed E-state index contributed by atoms with van der Waals surface area (Å²) >= 11 is 0. The highest BCUT2D eigenvalue weighted by Crippen LogP contribution is 2.29. The van der Waals surface area contributed by atoms with Gasteiger partial charge in [0.2, 0.25) is 5.91 Å². The Morgan fingerprint density at radius 1 is 1.06 bits per heavy atom. The van der Waals surface area contributed by atoms with Gasteiger partial charge in [-0.25, -0.2) is 8.42 Å². The van der Waals surface area contributed by atoms with Gasteiger partial charge >= 0.3 is 0 Å². The van der Waals surface area contributed by atoms with Crippen LogP contribution in [0.3, 0.4) is 0 Å². The number of sulfone groups is 1. The molecule has 1 amide bonds. The molecule has 1 fully saturated rings. The van der Waals surface area contributed by atoms with Crippen LogP contribution in [0.5, 0.6) is 0 Å². The minimum Gasteiger partial charge on any atom is -0.396 e. The van der Waals surface area contributed by atoms with Crippen LogP contribution in [0.25, 0.3) is 0 Å². The van der Waals surface area contributed by atoms with Gasteiger partial charge < -0.3 is 10.0 Å². The first-order valence-electron chi connectivity index (χ1n) is 10.9. The van der Waals surface area contributed by atoms with Crippen molar-refractivity contribution in [2.24, 2.45) is 0 Å². The van der Waals surface area contributed by atoms with E-state index < -0.39 is 9.84 Å². The monoisotopic (exact) mass is 444 g/mol. The van der Waals surface area contributed by atoms with Gasteiger partial charge in [-0.3, -0.25) is 9.69 Å². The number of amides is 1. The number of aliphatic hydroxyl groups excluding tert-OH is 1. The molecule has 1 N–H and O–H groups in total. The van der Waals surface area contributed by atoms with E-state index in [0.29, 0.717) is 25.9 Å². The van der Waals surface area contributed by atoms with Crippen LogP contribution >= 0.6 is 0 Å². The summed E-state index contributed by atoms with van der Waals surface area (Å²) in [5, 5.41) is 9.47. The summed E-state index contributed by atoms with van der Waals surface area (Å²) in [4.78, 5) is 17.1. The molecule has 1 aliphatic heterocycles. The highest BCUT2D eigenvalue weighted by molar-refractivity contribution is 7.91. The van der Waals surface area contributed by atoms with Crippen molar-refractivity contribution in [2.45, 2.75) is 31.8 Å². The third kappa shape index (κ3) is 6.15. The molecule has 2 aromatic carbocycles. The van der Waals surface area contributed by atoms with Crippen molar-refractivity contribution in [3.8, 4) is 0 Å². The maximum absolute atomic E-state index is 13.3. The van der Waals surface area contributed by atoms with Gasteiger partial charge in [0.1, 0.15) is 0 Å². The standard InChI is InChI=1S/C24H32N2O4S/c1-2-26(22-14-17-31(29,30)19-22)23(28)18-25(15-9-16-27)24(20-10-5-3-6-11-20)21-12-7-4-8-13-21/h3-8,10-13,22,24,27H,2,9,14-19H2,1H3. The van der Waals surface area contributed by atoms with Crippen molar-refractivity contribution in [3.05, 3.63) is 71.8 Å². The summed E-state index contributed by atoms with van der Waals surface area (Å²) in [7, 11) is -3.07. The van der Waals surface area contributed by atoms with Crippen LogP contribution in [0.1, 0.15) is 36.9 Å². The number of carbonyl (C=O) groups is 1. The van der Waals surface area contributed by atoms with Crippen molar-refractivity contribution in [1.82, 2.24) is 9.80 Å². The Bertz CT molecular complexity index is 895. The van der Waals surface area contributed by atoms with E-state index in [1.165, 1.54) is 0 Å². The van der Waals surface area contributed by atoms with Crippen LogP contribution in [0.15, 0.2) is 60.7 Å². The smallest absolute Gasteiger partial charge is 0.237 e. The molecule has 0 radical (unpaired) electrons. The Kier molecular flexibility index (Phi) is 8.23. The molecular formula is C24H32N2O4S. The fourth-order valence-electron chi connectivity index (χ4n) is 4.38. The zero-order valence-corrected chi connectivity index (χ0v) is 18.9. The summed E-state index contributed by atoms with van der Waals surface area (Å²) in [6.45, 7) is 3.14. The van der Waals surface area contributed by atoms with Crippen LogP contribution in [0, 0.1) is 0 Å². The number of hydrogen-bond acceptors (Lipinski definition) is 5. The van der Waals surface area contributed by atoms with E-state index in [1.807, 2.05) is 43.3 Å². The third-order valence-corrected chi connectivity index (χ3v) is 7.60. The van der Waals surface area contributed by atoms with Crippen molar-refractivity contribution >= 4 is 15.7 Å². The normalized spacial score (nSPS) is 17.9. The lowest BCUT2D eigenvalue weighted by Gasteiger charge is -2.35. The van der Waals surface area contributed by atoms with Crippen LogP contribution in [0.2, 0.25) is 0 Å². The highest BCUT2D eigenvalue weighted by Gasteiger charge is 2.35. The zero-order chi connectivity index (χ0) is 22.3. The van der Waals surface area contributed by atoms with Crippen molar-refractivity contribution in [3.63, 3.8) is 0 Å². The van der Waals surface area contributed by atoms with Crippen LogP contribution in [0.4, 0.5) is 0 Å². The first kappa shape index (κ1) is 23.4. The number of carbonyl (C=O) groups excluding carboxylic acids is 1. The lowest BCUT2D eigenvalue weighted by Crippen LogP contribution is -2.47. The van der Waals surface area contributed by atoms with Gasteiger partial charge in [-0.15, -0.1) is 0 Å². The largest absolute Gasteiger partial charge is 0.396 e. The average molecular weight is 445 g/mol. The van der Waals surface area contributed by atoms with Gasteiger partial charge in [-0.05, 0) is 30.9 Å². The molecule has 1 atom stereocenters. The summed E-state index contributed by atoms with van der Waals surface area (Å²) in [6, 6.07) is 19.7. The third-order valence-electron chi connectivity index (χ3n) is 5.85. The average Bonchev–Trinajstić information content (AvgIpc) is 3.13. The summed E-state index contributed by atoms with van der Waals surface area (Å²) in [5.74, 6) is 0.121. The van der Waals surface area contributed by atoms with Gasteiger partial charge in [0.25, 0.3) is 0 Å². The maximum Gasteiger partial charge on any atom is 0.237 e. The summed E-state index contributed by atoms with van der Waals surface area (Å²) < 4.78 is 23.9. The summed E-state index contributed by atoms with van der Waals surface area (Å²) in [5.41, 5.74) is 2.15. The molecule has 0 aliphatic carbocycles. The Balaban J connectivity index is 1.88. The van der Waals surface area contributed by atoms with Crippen molar-refractivity contribution in [2.75, 3.05) is 37.7 Å². The SMILES string of the molecule is CCN(C(=O)CN(CCCO)C(c1ccccc1)c1ccccc1)C1CCS(=O)(=O)C1. The highest BCUT2D eigenvalue weighted by atomic mass is 32.2. The zero-order valence-electron chi connectivity index (χ0n) is 18.1. The Morgan fingerprint density at radius 2 is 1.65 bits per heavy atom. The van der Waals surface area contributed by atoms with Crippen molar-refractivity contribution in [1.29, 1.82) is 0 Å². The molecule has 1 unspecified atom stereocenters. The second-order valence-corrected chi connectivity index (χ2v) is 10.2. The number of nitrogens with zero attached hydrogens (tertiary/aromatic N) is 2. The molecule has 3 rings (SSSR count). The second kappa shape index (κ2) is 10.9. The lowest BCUT2D eigenvalue weighted by molar-refractivity contribution is -0.134. The Morgan fingerprint density at radius 3 is 2.10 bits per heavy atom. The van der Waals surface area contributed by atoms with Gasteiger partial charge in [0.15, 0.2) is 9.84 Å². The molecule has 0 spiro atoms. The molecule has 0 bridgehead atoms. The Labute approximate surface area is 185 Å². The minimum absolute atomic E-state index is 0.0410. The lowest BCUT2D eigenvalue weighted by atomic mass is 9.96. The van der Waals surface area contributed by atoms with E-state index in [9.17, 15) is 18.3 Å². The fraction of sp³-hybridized carbons (Fsp3) is 0.458. The predicted octanol–water partition coefficient (Wildman–Crippen LogP) is 2.50. The molecule has 168 valence electrons. The molecule has 2 aromatic rings. The van der Waals surface area contributed by atoms with E-state index in [0.717, 1.165) is 11.1 Å². The van der Waals surface area contributed by atoms with Crippen LogP contribution in [-0.4, -0.2) is 73.0 Å². The van der Waals surface area contributed by atoms with E-state index in [1.54, 1.807) is 4.90 Å². The molecule has 1 aliphatic rings. The van der Waals surface area contributed by atoms with Gasteiger partial charge in [-0.1, -0.05) is 60.7 Å². The van der Waals surface area contributed by atoms with Gasteiger partial charge in [-0.2, -0.15) is 0 Å². The molecule has 7 heteroatoms. The van der Waals surface area contributed by atoms with Gasteiger partial charge in [0, 0.05) is 25.7 Å². The van der Waals surface area contributed by atoms with Crippen LogP contribution < -0.4 is 0 Å². The molecular weight excluding hydrogens is 412 g/mol. The maximum atomic E-state index is 13.3. The van der Waals surface area contributed by atoms with E-state index >= 15 is 0 Å². The topological polar surface area (TPSA) is 77.9 Å². The van der Waals surface area contributed by atoms with E-state index in [4.69, 9.17) is 0 Å². The molecule has 0 aromatic heterocycles. The first-order valence-corrected chi connectivity index (χ1v) is 12.7. The molecule has 1 saturated heterocycles. The Hall–Kier alpha value is -2.22. The van der Waals surface area contributed by atoms with E-state index in [2.05, 4.69) is 29.2 Å². The number of hydrogen-bond donors (Lipinski definition) is 1. The quantitative estimate of drug-likeness (QED) is 0.609. The van der Waals surface area contributed by atoms with Crippen LogP contribution in [-0.2, 0) is 14.6 Å². The van der Waals surface area contributed by atoms with E-state index in [-0.39, 0.29) is 42.6 Å².